The summed E-state index contributed by atoms with van der Waals surface area (Å²) in [5.74, 6) is 1.87. The van der Waals surface area contributed by atoms with Crippen LogP contribution in [0, 0.1) is 17.8 Å². The maximum absolute atomic E-state index is 9.46. The van der Waals surface area contributed by atoms with Crippen LogP contribution in [0.25, 0.3) is 0 Å². The van der Waals surface area contributed by atoms with Crippen LogP contribution in [0.2, 0.25) is 0 Å². The molecule has 1 aliphatic heterocycles. The van der Waals surface area contributed by atoms with Gasteiger partial charge in [0, 0.05) is 25.2 Å². The van der Waals surface area contributed by atoms with Crippen LogP contribution in [0.15, 0.2) is 0 Å². The van der Waals surface area contributed by atoms with Crippen molar-refractivity contribution in [2.75, 3.05) is 19.7 Å². The molecule has 0 amide bonds. The van der Waals surface area contributed by atoms with E-state index in [1.807, 2.05) is 0 Å². The Labute approximate surface area is 93.6 Å². The number of hydrogen-bond acceptors (Lipinski definition) is 3. The first-order valence-electron chi connectivity index (χ1n) is 6.07. The number of likely N-dealkylation sites (tertiary alicyclic amines) is 1. The molecule has 4 atom stereocenters. The van der Waals surface area contributed by atoms with Crippen LogP contribution >= 0.6 is 0 Å². The lowest BCUT2D eigenvalue weighted by atomic mass is 9.97. The Morgan fingerprint density at radius 2 is 1.73 bits per heavy atom. The molecule has 90 valence electrons. The standard InChI is InChI=1S/C12H26N2O/c1-8(2)12(13)11(7-15)14-5-9(3)10(4)6-14/h8-12,15H,5-7,13H2,1-4H3. The monoisotopic (exact) mass is 214 g/mol. The van der Waals surface area contributed by atoms with Crippen LogP contribution in [-0.2, 0) is 0 Å². The Kier molecular flexibility index (Phi) is 4.56. The summed E-state index contributed by atoms with van der Waals surface area (Å²) < 4.78 is 0. The predicted molar refractivity (Wildman–Crippen MR) is 63.6 cm³/mol. The first-order chi connectivity index (χ1) is 6.97. The summed E-state index contributed by atoms with van der Waals surface area (Å²) in [5, 5.41) is 9.46. The number of hydrogen-bond donors (Lipinski definition) is 2. The van der Waals surface area contributed by atoms with E-state index < -0.39 is 0 Å². The topological polar surface area (TPSA) is 49.5 Å². The Hall–Kier alpha value is -0.120. The molecule has 0 saturated carbocycles. The van der Waals surface area contributed by atoms with E-state index in [-0.39, 0.29) is 18.7 Å². The van der Waals surface area contributed by atoms with Gasteiger partial charge in [-0.2, -0.15) is 0 Å². The molecule has 3 nitrogen and oxygen atoms in total. The molecule has 1 aliphatic rings. The van der Waals surface area contributed by atoms with E-state index in [9.17, 15) is 5.11 Å². The molecule has 1 rings (SSSR count). The van der Waals surface area contributed by atoms with Gasteiger partial charge < -0.3 is 10.8 Å². The highest BCUT2D eigenvalue weighted by atomic mass is 16.3. The summed E-state index contributed by atoms with van der Waals surface area (Å²) in [6.45, 7) is 11.1. The Morgan fingerprint density at radius 1 is 1.27 bits per heavy atom. The van der Waals surface area contributed by atoms with Crippen molar-refractivity contribution in [2.24, 2.45) is 23.5 Å². The van der Waals surface area contributed by atoms with E-state index in [1.54, 1.807) is 0 Å². The zero-order valence-electron chi connectivity index (χ0n) is 10.5. The van der Waals surface area contributed by atoms with Crippen molar-refractivity contribution in [1.29, 1.82) is 0 Å². The van der Waals surface area contributed by atoms with Gasteiger partial charge in [0.25, 0.3) is 0 Å². The van der Waals surface area contributed by atoms with E-state index in [2.05, 4.69) is 32.6 Å². The lowest BCUT2D eigenvalue weighted by Crippen LogP contribution is -2.51. The zero-order chi connectivity index (χ0) is 11.6. The molecule has 3 heteroatoms. The molecular weight excluding hydrogens is 188 g/mol. The predicted octanol–water partition coefficient (Wildman–Crippen LogP) is 0.918. The van der Waals surface area contributed by atoms with E-state index in [0.717, 1.165) is 24.9 Å². The second-order valence-corrected chi connectivity index (χ2v) is 5.48. The van der Waals surface area contributed by atoms with Crippen LogP contribution in [-0.4, -0.2) is 41.8 Å². The Balaban J connectivity index is 2.60. The van der Waals surface area contributed by atoms with E-state index in [1.165, 1.54) is 0 Å². The average Bonchev–Trinajstić information content (AvgIpc) is 2.47. The molecule has 0 radical (unpaired) electrons. The Bertz CT molecular complexity index is 186. The van der Waals surface area contributed by atoms with Gasteiger partial charge in [-0.3, -0.25) is 4.90 Å². The summed E-state index contributed by atoms with van der Waals surface area (Å²) >= 11 is 0. The number of rotatable bonds is 4. The van der Waals surface area contributed by atoms with Gasteiger partial charge in [-0.25, -0.2) is 0 Å². The summed E-state index contributed by atoms with van der Waals surface area (Å²) in [5.41, 5.74) is 6.14. The van der Waals surface area contributed by atoms with Gasteiger partial charge in [-0.05, 0) is 17.8 Å². The summed E-state index contributed by atoms with van der Waals surface area (Å²) in [6, 6.07) is 0.213. The normalized spacial score (nSPS) is 32.2. The van der Waals surface area contributed by atoms with Crippen molar-refractivity contribution in [3.8, 4) is 0 Å². The molecule has 1 heterocycles. The molecule has 15 heavy (non-hydrogen) atoms. The van der Waals surface area contributed by atoms with Crippen LogP contribution in [0.5, 0.6) is 0 Å². The number of nitrogens with zero attached hydrogens (tertiary/aromatic N) is 1. The van der Waals surface area contributed by atoms with Gasteiger partial charge in [0.15, 0.2) is 0 Å². The molecule has 4 unspecified atom stereocenters. The molecule has 0 spiro atoms. The number of aliphatic hydroxyl groups is 1. The van der Waals surface area contributed by atoms with Crippen molar-refractivity contribution in [1.82, 2.24) is 4.90 Å². The lowest BCUT2D eigenvalue weighted by molar-refractivity contribution is 0.107. The third kappa shape index (κ3) is 2.92. The SMILES string of the molecule is CC(C)C(N)C(CO)N1CC(C)C(C)C1. The van der Waals surface area contributed by atoms with Crippen LogP contribution in [0.4, 0.5) is 0 Å². The largest absolute Gasteiger partial charge is 0.395 e. The highest BCUT2D eigenvalue weighted by molar-refractivity contribution is 4.89. The second kappa shape index (κ2) is 5.28. The number of aliphatic hydroxyl groups excluding tert-OH is 1. The number of nitrogens with two attached hydrogens (primary N) is 1. The van der Waals surface area contributed by atoms with Gasteiger partial charge in [-0.15, -0.1) is 0 Å². The maximum atomic E-state index is 9.46. The van der Waals surface area contributed by atoms with Crippen molar-refractivity contribution < 1.29 is 5.11 Å². The Morgan fingerprint density at radius 3 is 2.07 bits per heavy atom. The molecule has 3 N–H and O–H groups in total. The minimum absolute atomic E-state index is 0.0764. The fourth-order valence-electron chi connectivity index (χ4n) is 2.37. The summed E-state index contributed by atoms with van der Waals surface area (Å²) in [7, 11) is 0. The third-order valence-electron chi connectivity index (χ3n) is 3.89. The fourth-order valence-corrected chi connectivity index (χ4v) is 2.37. The van der Waals surface area contributed by atoms with Gasteiger partial charge in [0.05, 0.1) is 6.61 Å². The summed E-state index contributed by atoms with van der Waals surface area (Å²) in [6.07, 6.45) is 0. The summed E-state index contributed by atoms with van der Waals surface area (Å²) in [4.78, 5) is 2.36. The van der Waals surface area contributed by atoms with Crippen molar-refractivity contribution in [3.63, 3.8) is 0 Å². The molecule has 0 aliphatic carbocycles. The fraction of sp³-hybridized carbons (Fsp3) is 1.00. The van der Waals surface area contributed by atoms with Crippen molar-refractivity contribution in [2.45, 2.75) is 39.8 Å². The second-order valence-electron chi connectivity index (χ2n) is 5.48. The van der Waals surface area contributed by atoms with Crippen molar-refractivity contribution >= 4 is 0 Å². The van der Waals surface area contributed by atoms with E-state index in [4.69, 9.17) is 5.73 Å². The molecule has 0 aromatic rings. The van der Waals surface area contributed by atoms with Gasteiger partial charge in [0.1, 0.15) is 0 Å². The quantitative estimate of drug-likeness (QED) is 0.731. The van der Waals surface area contributed by atoms with Gasteiger partial charge in [0.2, 0.25) is 0 Å². The smallest absolute Gasteiger partial charge is 0.0602 e. The zero-order valence-corrected chi connectivity index (χ0v) is 10.5. The third-order valence-corrected chi connectivity index (χ3v) is 3.89. The van der Waals surface area contributed by atoms with Crippen molar-refractivity contribution in [3.05, 3.63) is 0 Å². The molecule has 0 aromatic heterocycles. The lowest BCUT2D eigenvalue weighted by Gasteiger charge is -2.33. The highest BCUT2D eigenvalue weighted by Gasteiger charge is 2.34. The average molecular weight is 214 g/mol. The highest BCUT2D eigenvalue weighted by Crippen LogP contribution is 2.25. The van der Waals surface area contributed by atoms with E-state index >= 15 is 0 Å². The van der Waals surface area contributed by atoms with Crippen LogP contribution in [0.3, 0.4) is 0 Å². The van der Waals surface area contributed by atoms with Gasteiger partial charge >= 0.3 is 0 Å². The first kappa shape index (κ1) is 12.9. The first-order valence-corrected chi connectivity index (χ1v) is 6.07. The molecular formula is C12H26N2O. The molecule has 1 fully saturated rings. The van der Waals surface area contributed by atoms with Crippen LogP contribution in [0.1, 0.15) is 27.7 Å². The minimum atomic E-state index is 0.0764. The van der Waals surface area contributed by atoms with Gasteiger partial charge in [-0.1, -0.05) is 27.7 Å². The van der Waals surface area contributed by atoms with Crippen LogP contribution < -0.4 is 5.73 Å². The van der Waals surface area contributed by atoms with E-state index in [0.29, 0.717) is 5.92 Å². The molecule has 0 aromatic carbocycles. The molecule has 0 bridgehead atoms. The minimum Gasteiger partial charge on any atom is -0.395 e. The molecule has 1 saturated heterocycles. The maximum Gasteiger partial charge on any atom is 0.0602 e.